The molecule has 6 heteroatoms. The third-order valence-corrected chi connectivity index (χ3v) is 3.97. The normalized spacial score (nSPS) is 15.8. The van der Waals surface area contributed by atoms with E-state index >= 15 is 0 Å². The first-order chi connectivity index (χ1) is 10.5. The number of carbonyl (C=O) groups excluding carboxylic acids is 1. The molecule has 0 fully saturated rings. The Morgan fingerprint density at radius 3 is 1.46 bits per heavy atom. The average molecular weight is 346 g/mol. The summed E-state index contributed by atoms with van der Waals surface area (Å²) >= 11 is 0. The first kappa shape index (κ1) is 20.5. The molecule has 0 radical (unpaired) electrons. The zero-order valence-corrected chi connectivity index (χ0v) is 15.1. The summed E-state index contributed by atoms with van der Waals surface area (Å²) in [5.41, 5.74) is -3.97. The molecule has 24 heavy (non-hydrogen) atoms. The Labute approximate surface area is 140 Å². The Morgan fingerprint density at radius 2 is 1.21 bits per heavy atom. The Morgan fingerprint density at radius 1 is 0.875 bits per heavy atom. The van der Waals surface area contributed by atoms with Crippen LogP contribution in [0, 0.1) is 0 Å². The number of methoxy groups -OCH3 is 1. The molecule has 1 N–H and O–H groups in total. The Balaban J connectivity index is 3.82. The summed E-state index contributed by atoms with van der Waals surface area (Å²) < 4.78 is 44.8. The largest absolute Gasteiger partial charge is 0.466 e. The summed E-state index contributed by atoms with van der Waals surface area (Å²) in [5, 5.41) is 10.3. The molecule has 0 saturated carbocycles. The van der Waals surface area contributed by atoms with Gasteiger partial charge in [0.1, 0.15) is 0 Å². The third-order valence-electron chi connectivity index (χ3n) is 3.97. The summed E-state index contributed by atoms with van der Waals surface area (Å²) in [6, 6.07) is 4.25. The molecule has 1 aromatic carbocycles. The van der Waals surface area contributed by atoms with Crippen LogP contribution in [0.3, 0.4) is 0 Å². The first-order valence-electron chi connectivity index (χ1n) is 7.59. The number of ether oxygens (including phenoxy) is 1. The maximum atomic E-state index is 13.5. The van der Waals surface area contributed by atoms with Gasteiger partial charge in [-0.05, 0) is 22.0 Å². The molecule has 0 aromatic heterocycles. The number of halogens is 3. The number of hydrogen-bond donors (Lipinski definition) is 1. The van der Waals surface area contributed by atoms with E-state index in [0.717, 1.165) is 7.11 Å². The highest BCUT2D eigenvalue weighted by Crippen LogP contribution is 2.42. The average Bonchev–Trinajstić information content (AvgIpc) is 2.41. The molecule has 0 saturated heterocycles. The van der Waals surface area contributed by atoms with Gasteiger partial charge >= 0.3 is 12.1 Å². The number of hydrogen-bond acceptors (Lipinski definition) is 3. The van der Waals surface area contributed by atoms with Crippen molar-refractivity contribution in [2.45, 2.75) is 64.1 Å². The van der Waals surface area contributed by atoms with E-state index in [2.05, 4.69) is 4.74 Å². The Kier molecular flexibility index (Phi) is 5.17. The smallest absolute Gasteiger partial charge is 0.432 e. The minimum atomic E-state index is -5.20. The molecule has 1 rings (SSSR count). The van der Waals surface area contributed by atoms with Crippen molar-refractivity contribution < 1.29 is 27.8 Å². The molecule has 0 amide bonds. The number of aliphatic hydroxyl groups is 1. The molecule has 0 bridgehead atoms. The summed E-state index contributed by atoms with van der Waals surface area (Å²) in [7, 11) is 0.817. The topological polar surface area (TPSA) is 46.5 Å². The SMILES string of the molecule is COC(=O)[C@](O)(c1cc(C(C)(C)C)cc(C(C)(C)C)c1)C(F)(F)F. The van der Waals surface area contributed by atoms with Crippen LogP contribution in [0.1, 0.15) is 58.2 Å². The molecule has 136 valence electrons. The molecule has 0 aliphatic rings. The zero-order chi connectivity index (χ0) is 19.1. The number of alkyl halides is 3. The van der Waals surface area contributed by atoms with E-state index in [0.29, 0.717) is 11.1 Å². The van der Waals surface area contributed by atoms with Crippen LogP contribution < -0.4 is 0 Å². The summed E-state index contributed by atoms with van der Waals surface area (Å²) in [4.78, 5) is 11.8. The summed E-state index contributed by atoms with van der Waals surface area (Å²) in [6.45, 7) is 11.1. The number of carbonyl (C=O) groups is 1. The van der Waals surface area contributed by atoms with Crippen LogP contribution >= 0.6 is 0 Å². The Hall–Kier alpha value is -1.56. The van der Waals surface area contributed by atoms with E-state index in [1.807, 2.05) is 41.5 Å². The monoisotopic (exact) mass is 346 g/mol. The van der Waals surface area contributed by atoms with Gasteiger partial charge in [-0.1, -0.05) is 59.7 Å². The van der Waals surface area contributed by atoms with Gasteiger partial charge in [-0.15, -0.1) is 0 Å². The van der Waals surface area contributed by atoms with Crippen molar-refractivity contribution in [1.29, 1.82) is 0 Å². The molecular weight excluding hydrogens is 321 g/mol. The van der Waals surface area contributed by atoms with Crippen molar-refractivity contribution in [3.63, 3.8) is 0 Å². The van der Waals surface area contributed by atoms with Gasteiger partial charge in [-0.3, -0.25) is 0 Å². The number of rotatable bonds is 2. The van der Waals surface area contributed by atoms with Gasteiger partial charge in [-0.25, -0.2) is 4.79 Å². The van der Waals surface area contributed by atoms with E-state index in [9.17, 15) is 23.1 Å². The maximum Gasteiger partial charge on any atom is 0.432 e. The van der Waals surface area contributed by atoms with Gasteiger partial charge in [0.2, 0.25) is 0 Å². The van der Waals surface area contributed by atoms with Crippen molar-refractivity contribution in [1.82, 2.24) is 0 Å². The van der Waals surface area contributed by atoms with E-state index in [-0.39, 0.29) is 0 Å². The highest BCUT2D eigenvalue weighted by Gasteiger charge is 2.62. The third kappa shape index (κ3) is 3.74. The molecule has 0 spiro atoms. The van der Waals surface area contributed by atoms with E-state index in [1.54, 1.807) is 6.07 Å². The van der Waals surface area contributed by atoms with Crippen LogP contribution in [0.15, 0.2) is 18.2 Å². The maximum absolute atomic E-state index is 13.5. The van der Waals surface area contributed by atoms with Gasteiger partial charge in [0.05, 0.1) is 7.11 Å². The zero-order valence-electron chi connectivity index (χ0n) is 15.1. The van der Waals surface area contributed by atoms with E-state index in [4.69, 9.17) is 0 Å². The molecule has 1 atom stereocenters. The van der Waals surface area contributed by atoms with Crippen molar-refractivity contribution in [2.24, 2.45) is 0 Å². The van der Waals surface area contributed by atoms with Crippen molar-refractivity contribution in [3.05, 3.63) is 34.9 Å². The van der Waals surface area contributed by atoms with Crippen LogP contribution in [0.4, 0.5) is 13.2 Å². The fraction of sp³-hybridized carbons (Fsp3) is 0.611. The lowest BCUT2D eigenvalue weighted by Gasteiger charge is -2.32. The predicted octanol–water partition coefficient (Wildman–Crippen LogP) is 4.20. The van der Waals surface area contributed by atoms with Gasteiger partial charge in [-0.2, -0.15) is 13.2 Å². The molecule has 0 aliphatic heterocycles. The van der Waals surface area contributed by atoms with Crippen LogP contribution in [0.25, 0.3) is 0 Å². The lowest BCUT2D eigenvalue weighted by atomic mass is 9.77. The van der Waals surface area contributed by atoms with Gasteiger partial charge in [0.15, 0.2) is 0 Å². The molecular formula is C18H25F3O3. The second-order valence-electron chi connectivity index (χ2n) is 8.00. The van der Waals surface area contributed by atoms with E-state index in [1.165, 1.54) is 12.1 Å². The molecule has 0 aliphatic carbocycles. The summed E-state index contributed by atoms with van der Waals surface area (Å²) in [6.07, 6.45) is -5.20. The second kappa shape index (κ2) is 6.06. The Bertz CT molecular complexity index is 590. The fourth-order valence-electron chi connectivity index (χ4n) is 2.25. The summed E-state index contributed by atoms with van der Waals surface area (Å²) in [5.74, 6) is -1.75. The first-order valence-corrected chi connectivity index (χ1v) is 7.59. The molecule has 0 heterocycles. The van der Waals surface area contributed by atoms with Crippen LogP contribution in [-0.2, 0) is 26.0 Å². The predicted molar refractivity (Wildman–Crippen MR) is 85.8 cm³/mol. The number of esters is 1. The second-order valence-corrected chi connectivity index (χ2v) is 8.00. The molecule has 0 unspecified atom stereocenters. The highest BCUT2D eigenvalue weighted by atomic mass is 19.4. The quantitative estimate of drug-likeness (QED) is 0.816. The van der Waals surface area contributed by atoms with E-state index < -0.39 is 34.1 Å². The van der Waals surface area contributed by atoms with Crippen LogP contribution in [0.5, 0.6) is 0 Å². The fourth-order valence-corrected chi connectivity index (χ4v) is 2.25. The minimum absolute atomic E-state index is 0.460. The van der Waals surface area contributed by atoms with Crippen LogP contribution in [-0.4, -0.2) is 24.4 Å². The molecule has 3 nitrogen and oxygen atoms in total. The van der Waals surface area contributed by atoms with Crippen molar-refractivity contribution >= 4 is 5.97 Å². The van der Waals surface area contributed by atoms with Gasteiger partial charge < -0.3 is 9.84 Å². The van der Waals surface area contributed by atoms with Gasteiger partial charge in [0, 0.05) is 5.56 Å². The number of benzene rings is 1. The highest BCUT2D eigenvalue weighted by molar-refractivity contribution is 5.82. The van der Waals surface area contributed by atoms with Crippen LogP contribution in [0.2, 0.25) is 0 Å². The van der Waals surface area contributed by atoms with Crippen molar-refractivity contribution in [2.75, 3.05) is 7.11 Å². The molecule has 1 aromatic rings. The lowest BCUT2D eigenvalue weighted by molar-refractivity contribution is -0.266. The standard InChI is InChI=1S/C18H25F3O3/c1-15(2,3)11-8-12(16(4,5)6)10-13(9-11)17(23,14(22)24-7)18(19,20)21/h8-10,23H,1-7H3/t17-/m1/s1. The minimum Gasteiger partial charge on any atom is -0.466 e. The van der Waals surface area contributed by atoms with Crippen molar-refractivity contribution in [3.8, 4) is 0 Å². The van der Waals surface area contributed by atoms with Gasteiger partial charge in [0.25, 0.3) is 5.60 Å². The lowest BCUT2D eigenvalue weighted by Crippen LogP contribution is -2.50.